The minimum atomic E-state index is -0.257. The Morgan fingerprint density at radius 3 is 1.36 bits per heavy atom. The number of rotatable bonds is 4. The van der Waals surface area contributed by atoms with Gasteiger partial charge in [0.15, 0.2) is 0 Å². The summed E-state index contributed by atoms with van der Waals surface area (Å²) in [5, 5.41) is 24.7. The quantitative estimate of drug-likeness (QED) is 0.612. The minimum absolute atomic E-state index is 0. The third kappa shape index (κ3) is 12.8. The van der Waals surface area contributed by atoms with Crippen molar-refractivity contribution in [1.29, 1.82) is 0 Å². The number of aliphatic hydroxyl groups excluding tert-OH is 2. The van der Waals surface area contributed by atoms with E-state index in [0.29, 0.717) is 18.3 Å². The zero-order chi connectivity index (χ0) is 17.2. The van der Waals surface area contributed by atoms with Crippen LogP contribution in [0.4, 0.5) is 0 Å². The van der Waals surface area contributed by atoms with E-state index in [4.69, 9.17) is 0 Å². The molecule has 8 N–H and O–H groups in total. The Kier molecular flexibility index (Phi) is 22.8. The predicted molar refractivity (Wildman–Crippen MR) is 114 cm³/mol. The Morgan fingerprint density at radius 1 is 0.714 bits per heavy atom. The van der Waals surface area contributed by atoms with Crippen molar-refractivity contribution in [3.8, 4) is 0 Å². The smallest absolute Gasteiger partial charge is 0.693 e. The van der Waals surface area contributed by atoms with E-state index in [1.807, 2.05) is 0 Å². The number of hydrogen-bond donors (Lipinski definition) is 2. The Bertz CT molecular complexity index is 300. The Morgan fingerprint density at radius 2 is 1.07 bits per heavy atom. The molecule has 1 saturated heterocycles. The summed E-state index contributed by atoms with van der Waals surface area (Å²) in [5.74, 6) is 1.86. The van der Waals surface area contributed by atoms with Gasteiger partial charge in [0.25, 0.3) is 0 Å². The molecule has 3 rings (SSSR count). The topological polar surface area (TPSA) is 151 Å². The number of aliphatic hydroxyl groups is 2. The van der Waals surface area contributed by atoms with Crippen LogP contribution in [-0.4, -0.2) is 46.5 Å². The summed E-state index contributed by atoms with van der Waals surface area (Å²) in [6.45, 7) is 4.52. The number of nitrogens with zero attached hydrogens (tertiary/aromatic N) is 1. The number of hydrogen-bond acceptors (Lipinski definition) is 2. The van der Waals surface area contributed by atoms with Crippen molar-refractivity contribution in [2.24, 2.45) is 17.8 Å². The summed E-state index contributed by atoms with van der Waals surface area (Å²) in [5.41, 5.74) is 0. The summed E-state index contributed by atoms with van der Waals surface area (Å²) in [6, 6.07) is 0. The van der Waals surface area contributed by atoms with Crippen molar-refractivity contribution in [2.75, 3.05) is 13.1 Å². The summed E-state index contributed by atoms with van der Waals surface area (Å²) in [6.07, 6.45) is 15.1. The van der Waals surface area contributed by atoms with Crippen molar-refractivity contribution in [1.82, 2.24) is 0 Å². The molecule has 0 aromatic heterocycles. The van der Waals surface area contributed by atoms with E-state index >= 15 is 0 Å². The third-order valence-electron chi connectivity index (χ3n) is 6.43. The molecule has 1 aliphatic heterocycles. The van der Waals surface area contributed by atoms with Crippen molar-refractivity contribution in [3.05, 3.63) is 11.5 Å². The molecule has 28 heavy (non-hydrogen) atoms. The van der Waals surface area contributed by atoms with Crippen LogP contribution in [0.3, 0.4) is 0 Å². The van der Waals surface area contributed by atoms with Crippen LogP contribution in [-0.2, 0) is 19.5 Å². The molecular formula is C21H46N2O4Zn. The largest absolute Gasteiger partial charge is 2.00 e. The minimum Gasteiger partial charge on any atom is -0.693 e. The first kappa shape index (κ1) is 33.0. The molecule has 1 heterocycles. The average molecular weight is 456 g/mol. The number of piperidine rings is 1. The first-order valence-electron chi connectivity index (χ1n) is 10.7. The second-order valence-corrected chi connectivity index (χ2v) is 8.52. The molecule has 7 heteroatoms. The molecule has 2 aliphatic carbocycles. The predicted octanol–water partition coefficient (Wildman–Crippen LogP) is 4.11. The molecule has 0 aromatic rings. The van der Waals surface area contributed by atoms with E-state index in [1.54, 1.807) is 0 Å². The van der Waals surface area contributed by atoms with E-state index in [-0.39, 0.29) is 48.8 Å². The standard InChI is InChI=1S/C15H28O2.C6H12N.H2N.2H2O.Zn/c16-14(12-7-3-1-4-8-12)11-15(17)13-9-5-2-6-10-13;1-6-2-4-7-5-3-6;;;;/h12-17H,1-11H2;6H,2-5H2,1H3;3*1H2;/q;2*-1;;;+2. The zero-order valence-corrected chi connectivity index (χ0v) is 21.1. The Hall–Kier alpha value is 0.383. The maximum atomic E-state index is 10.2. The molecule has 166 valence electrons. The van der Waals surface area contributed by atoms with Crippen LogP contribution in [0.15, 0.2) is 0 Å². The number of nitrogens with two attached hydrogens (primary N) is 1. The second-order valence-electron chi connectivity index (χ2n) is 8.52. The fourth-order valence-corrected chi connectivity index (χ4v) is 4.55. The zero-order valence-electron chi connectivity index (χ0n) is 18.1. The van der Waals surface area contributed by atoms with Crippen molar-refractivity contribution in [3.63, 3.8) is 0 Å². The average Bonchev–Trinajstić information content (AvgIpc) is 2.64. The van der Waals surface area contributed by atoms with Gasteiger partial charge in [0, 0.05) is 0 Å². The van der Waals surface area contributed by atoms with E-state index < -0.39 is 0 Å². The van der Waals surface area contributed by atoms with Gasteiger partial charge in [-0.15, -0.1) is 13.1 Å². The van der Waals surface area contributed by atoms with Gasteiger partial charge in [-0.1, -0.05) is 58.3 Å². The molecule has 0 spiro atoms. The van der Waals surface area contributed by atoms with Gasteiger partial charge in [-0.3, -0.25) is 0 Å². The van der Waals surface area contributed by atoms with Crippen LogP contribution in [0.2, 0.25) is 0 Å². The molecule has 3 aliphatic rings. The second kappa shape index (κ2) is 19.4. The molecule has 3 fully saturated rings. The van der Waals surface area contributed by atoms with Crippen LogP contribution < -0.4 is 0 Å². The summed E-state index contributed by atoms with van der Waals surface area (Å²) in [4.78, 5) is 0. The molecule has 0 radical (unpaired) electrons. The molecular weight excluding hydrogens is 410 g/mol. The first-order chi connectivity index (χ1) is 11.7. The van der Waals surface area contributed by atoms with Gasteiger partial charge in [-0.2, -0.15) is 0 Å². The summed E-state index contributed by atoms with van der Waals surface area (Å²) in [7, 11) is 0. The van der Waals surface area contributed by atoms with Gasteiger partial charge in [0.2, 0.25) is 0 Å². The molecule has 0 amide bonds. The van der Waals surface area contributed by atoms with Crippen LogP contribution >= 0.6 is 0 Å². The van der Waals surface area contributed by atoms with E-state index in [9.17, 15) is 10.2 Å². The monoisotopic (exact) mass is 454 g/mol. The van der Waals surface area contributed by atoms with Crippen LogP contribution in [0.1, 0.15) is 90.4 Å². The normalized spacial score (nSPS) is 23.2. The third-order valence-corrected chi connectivity index (χ3v) is 6.43. The molecule has 0 aromatic carbocycles. The Labute approximate surface area is 185 Å². The van der Waals surface area contributed by atoms with E-state index in [2.05, 4.69) is 12.2 Å². The van der Waals surface area contributed by atoms with Gasteiger partial charge < -0.3 is 32.6 Å². The Balaban J connectivity index is -0.000000492. The fraction of sp³-hybridized carbons (Fsp3) is 1.00. The molecule has 6 nitrogen and oxygen atoms in total. The van der Waals surface area contributed by atoms with Gasteiger partial charge in [-0.05, 0) is 49.9 Å². The first-order valence-corrected chi connectivity index (χ1v) is 10.7. The van der Waals surface area contributed by atoms with Crippen LogP contribution in [0, 0.1) is 17.8 Å². The van der Waals surface area contributed by atoms with Crippen LogP contribution in [0.5, 0.6) is 0 Å². The van der Waals surface area contributed by atoms with Gasteiger partial charge in [0.1, 0.15) is 0 Å². The molecule has 2 atom stereocenters. The maximum Gasteiger partial charge on any atom is 2.00 e. The van der Waals surface area contributed by atoms with Crippen molar-refractivity contribution in [2.45, 2.75) is 103 Å². The maximum absolute atomic E-state index is 10.2. The van der Waals surface area contributed by atoms with Crippen LogP contribution in [0.25, 0.3) is 11.5 Å². The van der Waals surface area contributed by atoms with E-state index in [1.165, 1.54) is 77.0 Å². The van der Waals surface area contributed by atoms with Crippen molar-refractivity contribution < 1.29 is 40.6 Å². The van der Waals surface area contributed by atoms with E-state index in [0.717, 1.165) is 19.0 Å². The molecule has 2 saturated carbocycles. The fourth-order valence-electron chi connectivity index (χ4n) is 4.55. The van der Waals surface area contributed by atoms with Crippen molar-refractivity contribution >= 4 is 0 Å². The molecule has 0 bridgehead atoms. The summed E-state index contributed by atoms with van der Waals surface area (Å²) < 4.78 is 0. The van der Waals surface area contributed by atoms with Gasteiger partial charge >= 0.3 is 19.5 Å². The van der Waals surface area contributed by atoms with Gasteiger partial charge in [0.05, 0.1) is 12.2 Å². The molecule has 2 unspecified atom stereocenters. The summed E-state index contributed by atoms with van der Waals surface area (Å²) >= 11 is 0. The van der Waals surface area contributed by atoms with Gasteiger partial charge in [-0.25, -0.2) is 0 Å². The SMILES string of the molecule is CC1CC[N-]CC1.O.O.OC(CC(O)C1CCCCC1)C1CCCCC1.[NH2-].[Zn+2].